The smallest absolute Gasteiger partial charge is 0.241 e. The van der Waals surface area contributed by atoms with Gasteiger partial charge < -0.3 is 15.1 Å². The Bertz CT molecular complexity index is 506. The van der Waals surface area contributed by atoms with Crippen molar-refractivity contribution in [3.05, 3.63) is 0 Å². The van der Waals surface area contributed by atoms with E-state index in [0.717, 1.165) is 43.9 Å². The van der Waals surface area contributed by atoms with Gasteiger partial charge in [-0.05, 0) is 87.6 Å². The number of nitrogens with zero attached hydrogens (tertiary/aromatic N) is 2. The van der Waals surface area contributed by atoms with Gasteiger partial charge in [-0.2, -0.15) is 0 Å². The molecule has 1 aliphatic heterocycles. The third-order valence-electron chi connectivity index (χ3n) is 7.51. The van der Waals surface area contributed by atoms with Gasteiger partial charge in [-0.25, -0.2) is 0 Å². The van der Waals surface area contributed by atoms with Gasteiger partial charge in [-0.15, -0.1) is 0 Å². The molecule has 1 heterocycles. The number of hydrogen-bond donors (Lipinski definition) is 1. The zero-order valence-corrected chi connectivity index (χ0v) is 16.3. The van der Waals surface area contributed by atoms with Crippen molar-refractivity contribution in [1.82, 2.24) is 15.1 Å². The van der Waals surface area contributed by atoms with Crippen molar-refractivity contribution in [2.45, 2.75) is 57.8 Å². The molecule has 4 aliphatic carbocycles. The lowest BCUT2D eigenvalue weighted by atomic mass is 9.49. The highest BCUT2D eigenvalue weighted by molar-refractivity contribution is 5.84. The average Bonchev–Trinajstić information content (AvgIpc) is 3.09. The van der Waals surface area contributed by atoms with E-state index in [4.69, 9.17) is 0 Å². The first-order chi connectivity index (χ1) is 12.5. The average molecular weight is 362 g/mol. The molecule has 5 fully saturated rings. The van der Waals surface area contributed by atoms with E-state index in [1.54, 1.807) is 4.90 Å². The summed E-state index contributed by atoms with van der Waals surface area (Å²) in [5, 5.41) is 2.92. The van der Waals surface area contributed by atoms with Crippen LogP contribution in [0, 0.1) is 23.2 Å². The fourth-order valence-electron chi connectivity index (χ4n) is 6.64. The minimum atomic E-state index is 0.0306. The molecular weight excluding hydrogens is 326 g/mol. The van der Waals surface area contributed by atoms with E-state index >= 15 is 0 Å². The molecule has 4 bridgehead atoms. The molecule has 5 rings (SSSR count). The van der Waals surface area contributed by atoms with Crippen LogP contribution < -0.4 is 5.32 Å². The maximum Gasteiger partial charge on any atom is 0.241 e. The molecule has 5 nitrogen and oxygen atoms in total. The zero-order chi connectivity index (χ0) is 18.1. The first-order valence-electron chi connectivity index (χ1n) is 10.7. The molecule has 2 amide bonds. The number of amides is 2. The van der Waals surface area contributed by atoms with Crippen molar-refractivity contribution in [3.63, 3.8) is 0 Å². The molecule has 5 aliphatic rings. The van der Waals surface area contributed by atoms with Crippen molar-refractivity contribution in [2.75, 3.05) is 39.8 Å². The van der Waals surface area contributed by atoms with Gasteiger partial charge in [0.05, 0.1) is 6.54 Å². The van der Waals surface area contributed by atoms with Gasteiger partial charge in [0.1, 0.15) is 0 Å². The van der Waals surface area contributed by atoms with E-state index in [2.05, 4.69) is 10.2 Å². The molecule has 1 N–H and O–H groups in total. The van der Waals surface area contributed by atoms with Gasteiger partial charge >= 0.3 is 0 Å². The van der Waals surface area contributed by atoms with Crippen LogP contribution in [-0.2, 0) is 9.59 Å². The molecule has 26 heavy (non-hydrogen) atoms. The second kappa shape index (κ2) is 7.49. The Balaban J connectivity index is 1.19. The number of carbonyl (C=O) groups is 2. The van der Waals surface area contributed by atoms with Gasteiger partial charge in [0.2, 0.25) is 11.8 Å². The summed E-state index contributed by atoms with van der Waals surface area (Å²) in [6, 6.07) is 0. The molecule has 4 saturated carbocycles. The van der Waals surface area contributed by atoms with Gasteiger partial charge in [-0.3, -0.25) is 9.59 Å². The Labute approximate surface area is 157 Å². The van der Waals surface area contributed by atoms with Crippen LogP contribution in [0.15, 0.2) is 0 Å². The van der Waals surface area contributed by atoms with E-state index in [0.29, 0.717) is 6.42 Å². The summed E-state index contributed by atoms with van der Waals surface area (Å²) in [4.78, 5) is 29.0. The van der Waals surface area contributed by atoms with Crippen LogP contribution in [0.4, 0.5) is 0 Å². The summed E-state index contributed by atoms with van der Waals surface area (Å²) < 4.78 is 0. The number of nitrogens with one attached hydrogen (secondary N) is 1. The predicted octanol–water partition coefficient (Wildman–Crippen LogP) is 2.26. The quantitative estimate of drug-likeness (QED) is 0.757. The molecule has 0 aromatic rings. The second-order valence-corrected chi connectivity index (χ2v) is 9.74. The van der Waals surface area contributed by atoms with Crippen LogP contribution in [0.25, 0.3) is 0 Å². The highest BCUT2D eigenvalue weighted by Gasteiger charge is 2.51. The zero-order valence-electron chi connectivity index (χ0n) is 16.3. The van der Waals surface area contributed by atoms with Crippen LogP contribution in [0.3, 0.4) is 0 Å². The van der Waals surface area contributed by atoms with E-state index in [1.165, 1.54) is 51.4 Å². The van der Waals surface area contributed by atoms with E-state index in [-0.39, 0.29) is 23.8 Å². The standard InChI is InChI=1S/C21H35N3O2/c1-23(6-7-24-4-2-3-5-24)20(26)15-22-19(25)14-21-11-16-8-17(12-21)10-18(9-16)13-21/h16-18H,2-15H2,1H3,(H,22,25). The summed E-state index contributed by atoms with van der Waals surface area (Å²) in [5.41, 5.74) is 0.254. The number of hydrogen-bond acceptors (Lipinski definition) is 3. The fourth-order valence-corrected chi connectivity index (χ4v) is 6.64. The first kappa shape index (κ1) is 18.3. The summed E-state index contributed by atoms with van der Waals surface area (Å²) in [7, 11) is 1.85. The minimum Gasteiger partial charge on any atom is -0.347 e. The summed E-state index contributed by atoms with van der Waals surface area (Å²) in [6.45, 7) is 4.17. The van der Waals surface area contributed by atoms with Crippen LogP contribution in [0.5, 0.6) is 0 Å². The van der Waals surface area contributed by atoms with Crippen molar-refractivity contribution in [1.29, 1.82) is 0 Å². The summed E-state index contributed by atoms with van der Waals surface area (Å²) in [6.07, 6.45) is 11.1. The Morgan fingerprint density at radius 2 is 1.62 bits per heavy atom. The molecule has 0 radical (unpaired) electrons. The van der Waals surface area contributed by atoms with E-state index in [9.17, 15) is 9.59 Å². The topological polar surface area (TPSA) is 52.6 Å². The maximum atomic E-state index is 12.5. The molecule has 0 aromatic carbocycles. The predicted molar refractivity (Wildman–Crippen MR) is 102 cm³/mol. The summed E-state index contributed by atoms with van der Waals surface area (Å²) in [5.74, 6) is 2.73. The Morgan fingerprint density at radius 1 is 1.04 bits per heavy atom. The van der Waals surface area contributed by atoms with Crippen LogP contribution >= 0.6 is 0 Å². The highest BCUT2D eigenvalue weighted by atomic mass is 16.2. The van der Waals surface area contributed by atoms with Gasteiger partial charge in [0.25, 0.3) is 0 Å². The maximum absolute atomic E-state index is 12.5. The SMILES string of the molecule is CN(CCN1CCCC1)C(=O)CNC(=O)CC12CC3CC(CC(C3)C1)C2. The van der Waals surface area contributed by atoms with Gasteiger partial charge in [0, 0.05) is 26.6 Å². The van der Waals surface area contributed by atoms with Gasteiger partial charge in [0.15, 0.2) is 0 Å². The van der Waals surface area contributed by atoms with Crippen LogP contribution in [0.1, 0.15) is 57.8 Å². The molecule has 0 unspecified atom stereocenters. The number of likely N-dealkylation sites (N-methyl/N-ethyl adjacent to an activating group) is 1. The van der Waals surface area contributed by atoms with Crippen molar-refractivity contribution >= 4 is 11.8 Å². The number of rotatable bonds is 7. The lowest BCUT2D eigenvalue weighted by molar-refractivity contribution is -0.135. The largest absolute Gasteiger partial charge is 0.347 e. The number of likely N-dealkylation sites (tertiary alicyclic amines) is 1. The monoisotopic (exact) mass is 361 g/mol. The van der Waals surface area contributed by atoms with Crippen LogP contribution in [-0.4, -0.2) is 61.4 Å². The highest BCUT2D eigenvalue weighted by Crippen LogP contribution is 2.61. The van der Waals surface area contributed by atoms with E-state index < -0.39 is 0 Å². The third kappa shape index (κ3) is 4.08. The first-order valence-corrected chi connectivity index (χ1v) is 10.7. The minimum absolute atomic E-state index is 0.0306. The fraction of sp³-hybridized carbons (Fsp3) is 0.905. The molecule has 146 valence electrons. The lowest BCUT2D eigenvalue weighted by Gasteiger charge is -2.56. The third-order valence-corrected chi connectivity index (χ3v) is 7.51. The lowest BCUT2D eigenvalue weighted by Crippen LogP contribution is -2.48. The molecule has 0 aromatic heterocycles. The van der Waals surface area contributed by atoms with Crippen molar-refractivity contribution in [2.24, 2.45) is 23.2 Å². The molecule has 5 heteroatoms. The second-order valence-electron chi connectivity index (χ2n) is 9.74. The molecular formula is C21H35N3O2. The number of carbonyl (C=O) groups excluding carboxylic acids is 2. The molecule has 1 saturated heterocycles. The molecule has 0 atom stereocenters. The van der Waals surface area contributed by atoms with Crippen LogP contribution in [0.2, 0.25) is 0 Å². The Hall–Kier alpha value is -1.10. The van der Waals surface area contributed by atoms with Crippen molar-refractivity contribution in [3.8, 4) is 0 Å². The summed E-state index contributed by atoms with van der Waals surface area (Å²) >= 11 is 0. The molecule has 0 spiro atoms. The Morgan fingerprint density at radius 3 is 2.19 bits per heavy atom. The Kier molecular flexibility index (Phi) is 5.27. The van der Waals surface area contributed by atoms with E-state index in [1.807, 2.05) is 7.05 Å². The normalized spacial score (nSPS) is 35.7. The van der Waals surface area contributed by atoms with Crippen molar-refractivity contribution < 1.29 is 9.59 Å². The van der Waals surface area contributed by atoms with Gasteiger partial charge in [-0.1, -0.05) is 0 Å².